The molecule has 3 heteroatoms. The van der Waals surface area contributed by atoms with Crippen LogP contribution in [0.15, 0.2) is 0 Å². The van der Waals surface area contributed by atoms with E-state index >= 15 is 0 Å². The standard InChI is InChI=1S/2C3H7O.Zr/c2*1-2-3-4;/h2*2-3H2,1H3;/q2*-1;+2. The van der Waals surface area contributed by atoms with Crippen molar-refractivity contribution in [3.63, 3.8) is 0 Å². The summed E-state index contributed by atoms with van der Waals surface area (Å²) in [5, 5.41) is 18.6. The maximum atomic E-state index is 9.30. The number of hydrogen-bond donors (Lipinski definition) is 0. The Balaban J connectivity index is -0.0000000720. The average Bonchev–Trinajstić information content (AvgIpc) is 1.88. The van der Waals surface area contributed by atoms with Crippen molar-refractivity contribution < 1.29 is 36.4 Å². The smallest absolute Gasteiger partial charge is 0.854 e. The second-order valence-corrected chi connectivity index (χ2v) is 1.41. The summed E-state index contributed by atoms with van der Waals surface area (Å²) in [6, 6.07) is 0. The van der Waals surface area contributed by atoms with Crippen molar-refractivity contribution in [2.45, 2.75) is 26.7 Å². The first kappa shape index (κ1) is 16.4. The Hall–Kier alpha value is 0.803. The van der Waals surface area contributed by atoms with Crippen molar-refractivity contribution >= 4 is 0 Å². The van der Waals surface area contributed by atoms with E-state index in [-0.39, 0.29) is 39.4 Å². The second-order valence-electron chi connectivity index (χ2n) is 1.41. The van der Waals surface area contributed by atoms with Gasteiger partial charge in [-0.2, -0.15) is 0 Å². The molecule has 0 saturated heterocycles. The van der Waals surface area contributed by atoms with Crippen LogP contribution in [0.25, 0.3) is 0 Å². The summed E-state index contributed by atoms with van der Waals surface area (Å²) in [5.41, 5.74) is 0. The van der Waals surface area contributed by atoms with Crippen LogP contribution in [0.4, 0.5) is 0 Å². The third-order valence-electron chi connectivity index (χ3n) is 0.408. The molecule has 0 fully saturated rings. The molecular weight excluding hydrogens is 195 g/mol. The normalized spacial score (nSPS) is 6.67. The van der Waals surface area contributed by atoms with Crippen LogP contribution >= 0.6 is 0 Å². The molecule has 0 aliphatic rings. The molecule has 0 aliphatic heterocycles. The Labute approximate surface area is 76.4 Å². The van der Waals surface area contributed by atoms with Gasteiger partial charge < -0.3 is 10.2 Å². The molecule has 0 aromatic heterocycles. The van der Waals surface area contributed by atoms with Crippen molar-refractivity contribution in [2.24, 2.45) is 0 Å². The van der Waals surface area contributed by atoms with Gasteiger partial charge in [0.1, 0.15) is 0 Å². The zero-order valence-electron chi connectivity index (χ0n) is 6.14. The maximum Gasteiger partial charge on any atom is 2.00 e. The first-order chi connectivity index (χ1) is 3.83. The number of hydrogen-bond acceptors (Lipinski definition) is 2. The molecule has 0 rings (SSSR count). The van der Waals surface area contributed by atoms with E-state index in [9.17, 15) is 10.2 Å². The average molecular weight is 209 g/mol. The molecular formula is C6H14O2Zr. The van der Waals surface area contributed by atoms with E-state index in [1.807, 2.05) is 13.8 Å². The Morgan fingerprint density at radius 1 is 0.889 bits per heavy atom. The molecule has 9 heavy (non-hydrogen) atoms. The third kappa shape index (κ3) is 51.9. The minimum atomic E-state index is 0. The van der Waals surface area contributed by atoms with Gasteiger partial charge in [0, 0.05) is 0 Å². The quantitative estimate of drug-likeness (QED) is 0.616. The van der Waals surface area contributed by atoms with E-state index in [0.29, 0.717) is 0 Å². The van der Waals surface area contributed by atoms with E-state index in [4.69, 9.17) is 0 Å². The topological polar surface area (TPSA) is 46.1 Å². The Bertz CT molecular complexity index is 19.0. The predicted molar refractivity (Wildman–Crippen MR) is 30.3 cm³/mol. The van der Waals surface area contributed by atoms with Crippen molar-refractivity contribution in [3.05, 3.63) is 0 Å². The van der Waals surface area contributed by atoms with Gasteiger partial charge in [0.05, 0.1) is 0 Å². The van der Waals surface area contributed by atoms with Gasteiger partial charge in [-0.25, -0.2) is 0 Å². The minimum Gasteiger partial charge on any atom is -0.854 e. The molecule has 0 amide bonds. The van der Waals surface area contributed by atoms with E-state index in [1.165, 1.54) is 0 Å². The molecule has 54 valence electrons. The van der Waals surface area contributed by atoms with Gasteiger partial charge in [-0.1, -0.05) is 26.7 Å². The van der Waals surface area contributed by atoms with Crippen LogP contribution in [0.1, 0.15) is 26.7 Å². The molecule has 0 heterocycles. The van der Waals surface area contributed by atoms with Gasteiger partial charge in [-0.05, 0) is 0 Å². The molecule has 0 aromatic carbocycles. The Morgan fingerprint density at radius 2 is 1.00 bits per heavy atom. The van der Waals surface area contributed by atoms with Crippen molar-refractivity contribution in [3.8, 4) is 0 Å². The molecule has 2 nitrogen and oxygen atoms in total. The molecule has 0 atom stereocenters. The minimum absolute atomic E-state index is 0. The van der Waals surface area contributed by atoms with Gasteiger partial charge in [0.15, 0.2) is 0 Å². The van der Waals surface area contributed by atoms with E-state index in [2.05, 4.69) is 0 Å². The molecule has 0 aromatic rings. The van der Waals surface area contributed by atoms with E-state index in [1.54, 1.807) is 0 Å². The second kappa shape index (κ2) is 23.2. The summed E-state index contributed by atoms with van der Waals surface area (Å²) < 4.78 is 0. The van der Waals surface area contributed by atoms with Gasteiger partial charge >= 0.3 is 26.2 Å². The van der Waals surface area contributed by atoms with Gasteiger partial charge in [-0.15, -0.1) is 13.2 Å². The van der Waals surface area contributed by atoms with Crippen LogP contribution in [-0.4, -0.2) is 13.2 Å². The van der Waals surface area contributed by atoms with Crippen molar-refractivity contribution in [2.75, 3.05) is 13.2 Å². The van der Waals surface area contributed by atoms with Crippen LogP contribution < -0.4 is 10.2 Å². The van der Waals surface area contributed by atoms with Crippen LogP contribution in [0.3, 0.4) is 0 Å². The number of rotatable bonds is 2. The predicted octanol–water partition coefficient (Wildman–Crippen LogP) is -0.489. The molecule has 0 bridgehead atoms. The summed E-state index contributed by atoms with van der Waals surface area (Å²) >= 11 is 0. The van der Waals surface area contributed by atoms with E-state index < -0.39 is 0 Å². The van der Waals surface area contributed by atoms with Crippen LogP contribution in [0.2, 0.25) is 0 Å². The molecule has 0 spiro atoms. The first-order valence-corrected chi connectivity index (χ1v) is 2.99. The van der Waals surface area contributed by atoms with Crippen molar-refractivity contribution in [1.29, 1.82) is 0 Å². The summed E-state index contributed by atoms with van der Waals surface area (Å²) in [6.07, 6.45) is 1.53. The van der Waals surface area contributed by atoms with E-state index in [0.717, 1.165) is 12.8 Å². The summed E-state index contributed by atoms with van der Waals surface area (Å²) in [6.45, 7) is 3.88. The Kier molecular flexibility index (Phi) is 42.4. The molecule has 0 aliphatic carbocycles. The van der Waals surface area contributed by atoms with Gasteiger partial charge in [-0.3, -0.25) is 0 Å². The fourth-order valence-corrected chi connectivity index (χ4v) is 0. The van der Waals surface area contributed by atoms with Gasteiger partial charge in [0.25, 0.3) is 0 Å². The third-order valence-corrected chi connectivity index (χ3v) is 0.408. The van der Waals surface area contributed by atoms with Crippen molar-refractivity contribution in [1.82, 2.24) is 0 Å². The van der Waals surface area contributed by atoms with Crippen LogP contribution in [0.5, 0.6) is 0 Å². The monoisotopic (exact) mass is 208 g/mol. The molecule has 0 radical (unpaired) electrons. The molecule has 0 saturated carbocycles. The SMILES string of the molecule is CCC[O-].CCC[O-].[Zr+2]. The molecule has 0 unspecified atom stereocenters. The summed E-state index contributed by atoms with van der Waals surface area (Å²) in [5.74, 6) is 0. The van der Waals surface area contributed by atoms with Crippen LogP contribution in [-0.2, 0) is 26.2 Å². The fourth-order valence-electron chi connectivity index (χ4n) is 0. The van der Waals surface area contributed by atoms with Crippen LogP contribution in [0, 0.1) is 0 Å². The summed E-state index contributed by atoms with van der Waals surface area (Å²) in [7, 11) is 0. The zero-order valence-corrected chi connectivity index (χ0v) is 8.60. The van der Waals surface area contributed by atoms with Gasteiger partial charge in [0.2, 0.25) is 0 Å². The first-order valence-electron chi connectivity index (χ1n) is 2.99. The summed E-state index contributed by atoms with van der Waals surface area (Å²) in [4.78, 5) is 0. The molecule has 0 N–H and O–H groups in total. The zero-order chi connectivity index (χ0) is 6.83. The fraction of sp³-hybridized carbons (Fsp3) is 1.00. The Morgan fingerprint density at radius 3 is 1.00 bits per heavy atom. The largest absolute Gasteiger partial charge is 2.00 e. The maximum absolute atomic E-state index is 9.30.